The van der Waals surface area contributed by atoms with Crippen molar-refractivity contribution >= 4 is 77.6 Å². The molecule has 10 rings (SSSR count). The van der Waals surface area contributed by atoms with Crippen LogP contribution in [-0.4, -0.2) is 145 Å². The summed E-state index contributed by atoms with van der Waals surface area (Å²) in [6.45, 7) is 11.0. The number of hydrogen-bond acceptors (Lipinski definition) is 10. The highest BCUT2D eigenvalue weighted by Gasteiger charge is 2.51. The molecule has 4 aliphatic rings. The molecule has 12 nitrogen and oxygen atoms in total. The molecule has 0 atom stereocenters. The predicted octanol–water partition coefficient (Wildman–Crippen LogP) is 6.47. The second-order valence-electron chi connectivity index (χ2n) is 19.4. The maximum absolute atomic E-state index is 7.95. The zero-order valence-corrected chi connectivity index (χ0v) is 43.3. The zero-order chi connectivity index (χ0) is 48.6. The van der Waals surface area contributed by atoms with Crippen LogP contribution in [0.3, 0.4) is 0 Å². The van der Waals surface area contributed by atoms with Gasteiger partial charge in [0.1, 0.15) is 0 Å². The van der Waals surface area contributed by atoms with Gasteiger partial charge in [0, 0.05) is 79.1 Å². The van der Waals surface area contributed by atoms with E-state index in [4.69, 9.17) is 18.8 Å². The highest BCUT2D eigenvalue weighted by molar-refractivity contribution is 6.65. The van der Waals surface area contributed by atoms with Gasteiger partial charge >= 0.3 is 8.88 Å². The molecule has 2 aromatic heterocycles. The summed E-state index contributed by atoms with van der Waals surface area (Å²) in [6, 6.07) is 35.0. The second kappa shape index (κ2) is 22.9. The van der Waals surface area contributed by atoms with Crippen LogP contribution in [0.15, 0.2) is 107 Å². The van der Waals surface area contributed by atoms with Crippen molar-refractivity contribution in [2.45, 2.75) is 38.5 Å². The molecule has 13 heteroatoms. The van der Waals surface area contributed by atoms with Gasteiger partial charge in [0.05, 0.1) is 22.8 Å². The van der Waals surface area contributed by atoms with Gasteiger partial charge in [0.15, 0.2) is 0 Å². The van der Waals surface area contributed by atoms with Gasteiger partial charge < -0.3 is 48.4 Å². The van der Waals surface area contributed by atoms with Crippen LogP contribution in [0.1, 0.15) is 72.2 Å². The lowest BCUT2D eigenvalue weighted by atomic mass is 10.0. The van der Waals surface area contributed by atoms with Gasteiger partial charge in [-0.3, -0.25) is 0 Å². The van der Waals surface area contributed by atoms with Crippen molar-refractivity contribution in [1.82, 2.24) is 39.5 Å². The van der Waals surface area contributed by atoms with Crippen molar-refractivity contribution in [3.8, 4) is 0 Å². The second-order valence-corrected chi connectivity index (χ2v) is 22.0. The van der Waals surface area contributed by atoms with Crippen molar-refractivity contribution in [1.29, 1.82) is 0 Å². The molecule has 0 spiro atoms. The van der Waals surface area contributed by atoms with Gasteiger partial charge in [0.25, 0.3) is 0 Å². The Bertz CT molecular complexity index is 2910. The minimum atomic E-state index is -3.94. The van der Waals surface area contributed by atoms with Crippen molar-refractivity contribution in [2.75, 3.05) is 107 Å². The van der Waals surface area contributed by atoms with Gasteiger partial charge in [-0.2, -0.15) is 0 Å². The normalized spacial score (nSPS) is 15.1. The van der Waals surface area contributed by atoms with Crippen molar-refractivity contribution in [2.24, 2.45) is 9.98 Å². The molecule has 0 saturated heterocycles. The molecule has 0 fully saturated rings. The van der Waals surface area contributed by atoms with E-state index in [0.29, 0.717) is 13.2 Å². The molecule has 4 aliphatic heterocycles. The van der Waals surface area contributed by atoms with E-state index in [2.05, 4.69) is 175 Å². The first kappa shape index (κ1) is 49.0. The summed E-state index contributed by atoms with van der Waals surface area (Å²) >= 11 is 0. The van der Waals surface area contributed by atoms with E-state index in [1.165, 1.54) is 0 Å². The summed E-state index contributed by atoms with van der Waals surface area (Å²) in [5.41, 5.74) is 10.3. The number of nitrogens with zero attached hydrogens (tertiary/aromatic N) is 6. The van der Waals surface area contributed by atoms with Crippen LogP contribution in [0.5, 0.6) is 0 Å². The molecule has 0 amide bonds. The SMILES string of the molecule is CNCCCNCCCN(C)CCCO[Si]1(OCCCN(C)CCCNCCCNC)n2c3c4ccccc4c2C=C2N=C(C=c4c5ccccc5c(n41)=CC1=NC(=C3)c3ccccc31)c1ccccc12. The molecule has 71 heavy (non-hydrogen) atoms. The van der Waals surface area contributed by atoms with E-state index in [0.717, 1.165) is 193 Å². The summed E-state index contributed by atoms with van der Waals surface area (Å²) in [7, 11) is 4.57. The molecule has 6 bridgehead atoms. The summed E-state index contributed by atoms with van der Waals surface area (Å²) < 4.78 is 20.9. The molecule has 4 aromatic carbocycles. The molecule has 6 heterocycles. The van der Waals surface area contributed by atoms with Gasteiger partial charge in [0.2, 0.25) is 0 Å². The number of nitrogens with one attached hydrogen (secondary N) is 4. The molecule has 0 aliphatic carbocycles. The smallest absolute Gasteiger partial charge is 0.361 e. The molecule has 6 aromatic rings. The largest absolute Gasteiger partial charge is 0.598 e. The van der Waals surface area contributed by atoms with Crippen LogP contribution in [0.25, 0.3) is 57.2 Å². The number of rotatable bonds is 26. The van der Waals surface area contributed by atoms with E-state index in [1.54, 1.807) is 0 Å². The molecule has 4 N–H and O–H groups in total. The van der Waals surface area contributed by atoms with Crippen molar-refractivity contribution in [3.63, 3.8) is 0 Å². The van der Waals surface area contributed by atoms with Gasteiger partial charge in [-0.1, -0.05) is 97.1 Å². The van der Waals surface area contributed by atoms with Crippen LogP contribution < -0.4 is 32.0 Å². The summed E-state index contributed by atoms with van der Waals surface area (Å²) in [4.78, 5) is 15.9. The summed E-state index contributed by atoms with van der Waals surface area (Å²) in [5, 5.41) is 20.3. The van der Waals surface area contributed by atoms with Crippen LogP contribution >= 0.6 is 0 Å². The number of aliphatic imine (C=N–C) groups is 2. The number of benzene rings is 4. The van der Waals surface area contributed by atoms with Crippen LogP contribution in [0, 0.1) is 0 Å². The molecule has 0 unspecified atom stereocenters. The van der Waals surface area contributed by atoms with Crippen molar-refractivity contribution < 1.29 is 8.85 Å². The Kier molecular flexibility index (Phi) is 15.8. The van der Waals surface area contributed by atoms with Gasteiger partial charge in [-0.25, -0.2) is 9.98 Å². The van der Waals surface area contributed by atoms with E-state index < -0.39 is 8.88 Å². The number of aromatic nitrogens is 2. The summed E-state index contributed by atoms with van der Waals surface area (Å²) in [5.74, 6) is 0. The van der Waals surface area contributed by atoms with Crippen molar-refractivity contribution in [3.05, 3.63) is 141 Å². The monoisotopic (exact) mass is 969 g/mol. The number of fused-ring (bicyclic) bond motifs is 14. The van der Waals surface area contributed by atoms with Gasteiger partial charge in [-0.15, -0.1) is 0 Å². The number of hydrogen-bond donors (Lipinski definition) is 4. The minimum absolute atomic E-state index is 0.510. The third kappa shape index (κ3) is 10.3. The topological polar surface area (TPSA) is 108 Å². The minimum Gasteiger partial charge on any atom is -0.361 e. The zero-order valence-electron chi connectivity index (χ0n) is 42.3. The Morgan fingerprint density at radius 3 is 1.30 bits per heavy atom. The Hall–Kier alpha value is -5.58. The van der Waals surface area contributed by atoms with E-state index in [-0.39, 0.29) is 0 Å². The molecular weight excluding hydrogens is 897 g/mol. The Morgan fingerprint density at radius 2 is 0.845 bits per heavy atom. The maximum Gasteiger partial charge on any atom is 0.598 e. The lowest BCUT2D eigenvalue weighted by Gasteiger charge is -2.35. The quantitative estimate of drug-likeness (QED) is 0.0363. The third-order valence-corrected chi connectivity index (χ3v) is 17.6. The predicted molar refractivity (Wildman–Crippen MR) is 298 cm³/mol. The fourth-order valence-corrected chi connectivity index (χ4v) is 14.4. The lowest BCUT2D eigenvalue weighted by Crippen LogP contribution is -2.65. The first-order valence-corrected chi connectivity index (χ1v) is 27.8. The Morgan fingerprint density at radius 1 is 0.451 bits per heavy atom. The van der Waals surface area contributed by atoms with E-state index in [9.17, 15) is 0 Å². The fourth-order valence-electron chi connectivity index (χ4n) is 10.8. The molecular formula is C58H72N10O2Si. The average Bonchev–Trinajstić information content (AvgIpc) is 4.11. The summed E-state index contributed by atoms with van der Waals surface area (Å²) in [6.07, 6.45) is 15.4. The van der Waals surface area contributed by atoms with Gasteiger partial charge in [-0.05, 0) is 156 Å². The Balaban J connectivity index is 1.13. The highest BCUT2D eigenvalue weighted by Crippen LogP contribution is 2.41. The average molecular weight is 969 g/mol. The fraction of sp³-hybridized carbons (Fsp3) is 0.379. The van der Waals surface area contributed by atoms with Crippen LogP contribution in [-0.2, 0) is 8.85 Å². The van der Waals surface area contributed by atoms with E-state index >= 15 is 0 Å². The standard InChI is InChI=1S/C58H72N10O2Si/c1-59-27-13-29-61-31-15-33-65(3)35-17-37-69-71(70-38-18-36-66(4)34-16-32-62-30-14-28-60-2)67-55-39-51-43-19-5-6-20-44(43)52(63-51)40-56-49-25-11-12-26-50(49)58(68(56)71)42-54-46-22-8-7-21-45(46)53(64-54)41-57(67)48-24-10-9-23-47(48)55/h5-12,19-26,39-42,59-62H,13-18,27-38H2,1-4H3. The lowest BCUT2D eigenvalue weighted by molar-refractivity contribution is 0.134. The highest BCUT2D eigenvalue weighted by atomic mass is 28.4. The Labute approximate surface area is 420 Å². The first-order chi connectivity index (χ1) is 35.0. The maximum atomic E-state index is 7.95. The molecule has 0 radical (unpaired) electrons. The first-order valence-electron chi connectivity index (χ1n) is 26.1. The molecule has 370 valence electrons. The molecule has 0 saturated carbocycles. The van der Waals surface area contributed by atoms with E-state index in [1.807, 2.05) is 14.1 Å². The van der Waals surface area contributed by atoms with Crippen LogP contribution in [0.2, 0.25) is 0 Å². The third-order valence-electron chi connectivity index (χ3n) is 14.3. The van der Waals surface area contributed by atoms with Crippen LogP contribution in [0.4, 0.5) is 0 Å².